The van der Waals surface area contributed by atoms with Crippen molar-refractivity contribution in [2.75, 3.05) is 0 Å². The van der Waals surface area contributed by atoms with E-state index in [0.29, 0.717) is 16.8 Å². The van der Waals surface area contributed by atoms with E-state index in [4.69, 9.17) is 0 Å². The van der Waals surface area contributed by atoms with Crippen LogP contribution < -0.4 is 4.18 Å². The van der Waals surface area contributed by atoms with Gasteiger partial charge in [-0.2, -0.15) is 21.6 Å². The Hall–Kier alpha value is -1.55. The van der Waals surface area contributed by atoms with Gasteiger partial charge in [0.1, 0.15) is 0 Å². The highest BCUT2D eigenvalue weighted by Gasteiger charge is 2.48. The summed E-state index contributed by atoms with van der Waals surface area (Å²) in [6.45, 7) is 0. The van der Waals surface area contributed by atoms with Gasteiger partial charge < -0.3 is 4.18 Å². The van der Waals surface area contributed by atoms with E-state index in [1.807, 2.05) is 0 Å². The van der Waals surface area contributed by atoms with Crippen molar-refractivity contribution in [1.29, 1.82) is 0 Å². The maximum absolute atomic E-state index is 12.7. The molecule has 0 aliphatic heterocycles. The Balaban J connectivity index is 0.000000534. The summed E-state index contributed by atoms with van der Waals surface area (Å²) in [5.41, 5.74) is -3.59. The average molecular weight is 572 g/mol. The number of halogens is 3. The summed E-state index contributed by atoms with van der Waals surface area (Å²) < 4.78 is 65.2. The van der Waals surface area contributed by atoms with Crippen LogP contribution in [0.3, 0.4) is 0 Å². The molecule has 14 heteroatoms. The zero-order valence-electron chi connectivity index (χ0n) is 15.6. The first-order valence-corrected chi connectivity index (χ1v) is 16.3. The molecule has 170 valence electrons. The first-order valence-electron chi connectivity index (χ1n) is 8.23. The van der Waals surface area contributed by atoms with Crippen LogP contribution in [-0.2, 0) is 68.0 Å². The molecule has 0 unspecified atom stereocenters. The standard InChI is InChI=1S/C18H12F3NO3S.S6/c19-18(20,21)26(23,24)25-17-10-9-14(16-8-4-5-11-22-16)12-15(17)13-6-2-1-3-7-13;1-3-5-6-4-2/h1-12H;. The van der Waals surface area contributed by atoms with E-state index < -0.39 is 21.4 Å². The van der Waals surface area contributed by atoms with Gasteiger partial charge in [0.15, 0.2) is 5.75 Å². The Morgan fingerprint density at radius 1 is 0.844 bits per heavy atom. The van der Waals surface area contributed by atoms with Crippen LogP contribution in [0.25, 0.3) is 22.4 Å². The van der Waals surface area contributed by atoms with Crippen molar-refractivity contribution < 1.29 is 25.8 Å². The maximum atomic E-state index is 12.7. The normalized spacial score (nSPS) is 10.8. The number of nitrogens with zero attached hydrogens (tertiary/aromatic N) is 1. The van der Waals surface area contributed by atoms with Crippen molar-refractivity contribution in [3.8, 4) is 28.1 Å². The molecule has 32 heavy (non-hydrogen) atoms. The zero-order chi connectivity index (χ0) is 23.6. The number of aromatic nitrogens is 1. The second-order valence-corrected chi connectivity index (χ2v) is 14.2. The van der Waals surface area contributed by atoms with E-state index in [2.05, 4.69) is 31.5 Å². The smallest absolute Gasteiger partial charge is 0.375 e. The molecule has 0 fully saturated rings. The molecule has 0 saturated heterocycles. The third-order valence-electron chi connectivity index (χ3n) is 3.59. The highest BCUT2D eigenvalue weighted by atomic mass is 33.3. The van der Waals surface area contributed by atoms with E-state index in [9.17, 15) is 21.6 Å². The molecule has 0 atom stereocenters. The molecule has 0 bridgehead atoms. The average Bonchev–Trinajstić information content (AvgIpc) is 2.78. The summed E-state index contributed by atoms with van der Waals surface area (Å²) in [5, 5.41) is 0. The lowest BCUT2D eigenvalue weighted by molar-refractivity contribution is -0.0499. The van der Waals surface area contributed by atoms with Crippen LogP contribution >= 0.6 is 0 Å². The third-order valence-corrected chi connectivity index (χ3v) is 11.2. The van der Waals surface area contributed by atoms with Crippen LogP contribution in [0.4, 0.5) is 13.2 Å². The SMILES string of the molecule is O=S(=O)(Oc1ccc(-c2ccccn2)cc1-c1ccccc1)C(F)(F)F.S=S=S=S=S=S. The fraction of sp³-hybridized carbons (Fsp3) is 0.0556. The van der Waals surface area contributed by atoms with Gasteiger partial charge in [-0.25, -0.2) is 0 Å². The Kier molecular flexibility index (Phi) is 10.5. The molecule has 0 N–H and O–H groups in total. The molecule has 0 amide bonds. The summed E-state index contributed by atoms with van der Waals surface area (Å²) in [6.07, 6.45) is 1.58. The molecule has 1 aromatic heterocycles. The van der Waals surface area contributed by atoms with Gasteiger partial charge in [-0.1, -0.05) is 36.4 Å². The zero-order valence-corrected chi connectivity index (χ0v) is 21.3. The first kappa shape index (κ1) is 26.7. The topological polar surface area (TPSA) is 56.3 Å². The molecule has 2 aromatic carbocycles. The second kappa shape index (κ2) is 12.6. The van der Waals surface area contributed by atoms with Crippen LogP contribution in [0.15, 0.2) is 72.9 Å². The molecule has 0 aliphatic rings. The van der Waals surface area contributed by atoms with Crippen LogP contribution in [0, 0.1) is 0 Å². The Morgan fingerprint density at radius 3 is 2.00 bits per heavy atom. The largest absolute Gasteiger partial charge is 0.534 e. The molecule has 3 rings (SSSR count). The van der Waals surface area contributed by atoms with Gasteiger partial charge in [0.2, 0.25) is 0 Å². The van der Waals surface area contributed by atoms with Gasteiger partial charge >= 0.3 is 15.6 Å². The molecule has 3 aromatic rings. The van der Waals surface area contributed by atoms with Gasteiger partial charge in [0.05, 0.1) is 5.69 Å². The van der Waals surface area contributed by atoms with E-state index in [-0.39, 0.29) is 5.56 Å². The van der Waals surface area contributed by atoms with Crippen LogP contribution in [0.2, 0.25) is 0 Å². The first-order chi connectivity index (χ1) is 15.2. The van der Waals surface area contributed by atoms with E-state index in [1.54, 1.807) is 60.8 Å². The summed E-state index contributed by atoms with van der Waals surface area (Å²) >= 11 is 9.03. The number of benzene rings is 2. The summed E-state index contributed by atoms with van der Waals surface area (Å²) in [7, 11) is -0.141. The number of alkyl halides is 3. The van der Waals surface area contributed by atoms with Crippen LogP contribution in [-0.4, -0.2) is 18.9 Å². The quantitative estimate of drug-likeness (QED) is 0.336. The molecular weight excluding hydrogens is 560 g/mol. The van der Waals surface area contributed by atoms with Gasteiger partial charge in [0.25, 0.3) is 0 Å². The molecule has 0 radical (unpaired) electrons. The van der Waals surface area contributed by atoms with E-state index >= 15 is 0 Å². The lowest BCUT2D eigenvalue weighted by Crippen LogP contribution is -2.28. The number of pyridine rings is 1. The molecule has 0 spiro atoms. The Morgan fingerprint density at radius 2 is 1.47 bits per heavy atom. The van der Waals surface area contributed by atoms with Crippen molar-refractivity contribution in [3.63, 3.8) is 0 Å². The van der Waals surface area contributed by atoms with Crippen molar-refractivity contribution in [2.24, 2.45) is 0 Å². The highest BCUT2D eigenvalue weighted by Crippen LogP contribution is 2.36. The van der Waals surface area contributed by atoms with E-state index in [1.165, 1.54) is 47.7 Å². The second-order valence-electron chi connectivity index (χ2n) is 5.55. The minimum Gasteiger partial charge on any atom is -0.375 e. The number of rotatable bonds is 4. The Labute approximate surface area is 204 Å². The molecular formula is C18H12F3NO3S7. The summed E-state index contributed by atoms with van der Waals surface area (Å²) in [6, 6.07) is 17.8. The summed E-state index contributed by atoms with van der Waals surface area (Å²) in [4.78, 5) is 4.19. The predicted octanol–water partition coefficient (Wildman–Crippen LogP) is 4.63. The molecule has 1 heterocycles. The molecule has 0 saturated carbocycles. The van der Waals surface area contributed by atoms with Gasteiger partial charge in [-0.15, -0.1) is 0 Å². The fourth-order valence-corrected chi connectivity index (χ4v) is 8.29. The van der Waals surface area contributed by atoms with Crippen molar-refractivity contribution in [3.05, 3.63) is 72.9 Å². The van der Waals surface area contributed by atoms with Crippen LogP contribution in [0.1, 0.15) is 0 Å². The highest BCUT2D eigenvalue weighted by molar-refractivity contribution is 8.64. The summed E-state index contributed by atoms with van der Waals surface area (Å²) in [5.74, 6) is -0.409. The van der Waals surface area contributed by atoms with Crippen molar-refractivity contribution in [2.45, 2.75) is 5.51 Å². The van der Waals surface area contributed by atoms with Gasteiger partial charge in [-0.3, -0.25) is 4.98 Å². The maximum Gasteiger partial charge on any atom is 0.534 e. The minimum absolute atomic E-state index is 0.210. The molecule has 0 aliphatic carbocycles. The monoisotopic (exact) mass is 571 g/mol. The van der Waals surface area contributed by atoms with Gasteiger partial charge in [-0.05, 0) is 35.9 Å². The van der Waals surface area contributed by atoms with Crippen molar-refractivity contribution >= 4 is 68.0 Å². The lowest BCUT2D eigenvalue weighted by atomic mass is 10.0. The van der Waals surface area contributed by atoms with Crippen LogP contribution in [0.5, 0.6) is 5.75 Å². The number of hydrogen-bond acceptors (Lipinski definition) is 6. The lowest BCUT2D eigenvalue weighted by Gasteiger charge is -2.14. The fourth-order valence-electron chi connectivity index (χ4n) is 2.33. The minimum atomic E-state index is -5.77. The molecule has 4 nitrogen and oxygen atoms in total. The Bertz CT molecular complexity index is 1310. The van der Waals surface area contributed by atoms with E-state index in [0.717, 1.165) is 0 Å². The predicted molar refractivity (Wildman–Crippen MR) is 135 cm³/mol. The van der Waals surface area contributed by atoms with Gasteiger partial charge in [0, 0.05) is 75.2 Å². The third kappa shape index (κ3) is 7.79. The number of hydrogen-bond donors (Lipinski definition) is 0. The van der Waals surface area contributed by atoms with Crippen molar-refractivity contribution in [1.82, 2.24) is 4.98 Å².